The summed E-state index contributed by atoms with van der Waals surface area (Å²) in [5.74, 6) is -0.171. The zero-order valence-corrected chi connectivity index (χ0v) is 9.89. The van der Waals surface area contributed by atoms with Crippen LogP contribution in [0.5, 0.6) is 0 Å². The normalized spacial score (nSPS) is 11.9. The Hall–Kier alpha value is -0.610. The molecule has 0 saturated carbocycles. The molecule has 0 aromatic carbocycles. The van der Waals surface area contributed by atoms with Crippen LogP contribution in [-0.2, 0) is 9.53 Å². The molecule has 0 bridgehead atoms. The Bertz CT molecular complexity index is 179. The summed E-state index contributed by atoms with van der Waals surface area (Å²) >= 11 is 0. The molecule has 0 fully saturated rings. The van der Waals surface area contributed by atoms with E-state index in [0.717, 1.165) is 13.1 Å². The van der Waals surface area contributed by atoms with Gasteiger partial charge in [-0.2, -0.15) is 0 Å². The van der Waals surface area contributed by atoms with E-state index in [1.165, 1.54) is 7.11 Å². The number of nitrogens with zero attached hydrogens (tertiary/aromatic N) is 1. The van der Waals surface area contributed by atoms with Crippen molar-refractivity contribution in [2.75, 3.05) is 40.8 Å². The minimum Gasteiger partial charge on any atom is -0.469 e. The summed E-state index contributed by atoms with van der Waals surface area (Å²) in [5.41, 5.74) is -0.443. The number of hydrogen-bond donors (Lipinski definition) is 1. The van der Waals surface area contributed by atoms with Crippen LogP contribution in [-0.4, -0.2) is 51.7 Å². The molecule has 0 atom stereocenters. The van der Waals surface area contributed by atoms with Crippen molar-refractivity contribution in [3.8, 4) is 0 Å². The van der Waals surface area contributed by atoms with Gasteiger partial charge in [-0.25, -0.2) is 0 Å². The van der Waals surface area contributed by atoms with Crippen LogP contribution in [0.25, 0.3) is 0 Å². The highest BCUT2D eigenvalue weighted by Crippen LogP contribution is 2.14. The summed E-state index contributed by atoms with van der Waals surface area (Å²) in [6.45, 7) is 6.25. The van der Waals surface area contributed by atoms with Crippen molar-refractivity contribution in [3.63, 3.8) is 0 Å². The van der Waals surface area contributed by atoms with Crippen molar-refractivity contribution >= 4 is 5.97 Å². The highest BCUT2D eigenvalue weighted by atomic mass is 16.5. The van der Waals surface area contributed by atoms with E-state index in [4.69, 9.17) is 4.74 Å². The van der Waals surface area contributed by atoms with Crippen molar-refractivity contribution in [2.24, 2.45) is 5.41 Å². The number of esters is 1. The molecule has 14 heavy (non-hydrogen) atoms. The lowest BCUT2D eigenvalue weighted by Crippen LogP contribution is -2.39. The number of carbonyl (C=O) groups is 1. The Morgan fingerprint density at radius 2 is 2.00 bits per heavy atom. The van der Waals surface area contributed by atoms with E-state index in [0.29, 0.717) is 6.54 Å². The first-order chi connectivity index (χ1) is 6.40. The van der Waals surface area contributed by atoms with Crippen molar-refractivity contribution in [1.82, 2.24) is 10.2 Å². The number of nitrogens with one attached hydrogen (secondary N) is 1. The van der Waals surface area contributed by atoms with E-state index >= 15 is 0 Å². The topological polar surface area (TPSA) is 41.6 Å². The number of hydrogen-bond acceptors (Lipinski definition) is 4. The Kier molecular flexibility index (Phi) is 5.72. The van der Waals surface area contributed by atoms with E-state index in [1.807, 2.05) is 27.9 Å². The second-order valence-corrected chi connectivity index (χ2v) is 4.36. The summed E-state index contributed by atoms with van der Waals surface area (Å²) in [7, 11) is 5.46. The number of likely N-dealkylation sites (N-methyl/N-ethyl adjacent to an activating group) is 1. The standard InChI is InChI=1S/C10H22N2O2/c1-10(2,9(13)14-5)8-11-6-7-12(3)4/h11H,6-8H2,1-5H3. The molecule has 0 aliphatic rings. The molecule has 0 heterocycles. The predicted molar refractivity (Wildman–Crippen MR) is 57.2 cm³/mol. The third-order valence-corrected chi connectivity index (χ3v) is 2.04. The maximum absolute atomic E-state index is 11.3. The minimum atomic E-state index is -0.443. The molecular weight excluding hydrogens is 180 g/mol. The van der Waals surface area contributed by atoms with E-state index < -0.39 is 5.41 Å². The second kappa shape index (κ2) is 5.98. The monoisotopic (exact) mass is 202 g/mol. The number of rotatable bonds is 6. The zero-order chi connectivity index (χ0) is 11.2. The summed E-state index contributed by atoms with van der Waals surface area (Å²) in [5, 5.41) is 3.23. The summed E-state index contributed by atoms with van der Waals surface area (Å²) in [6, 6.07) is 0. The molecule has 1 N–H and O–H groups in total. The van der Waals surface area contributed by atoms with Gasteiger partial charge in [0.15, 0.2) is 0 Å². The summed E-state index contributed by atoms with van der Waals surface area (Å²) in [6.07, 6.45) is 0. The molecule has 0 spiro atoms. The number of methoxy groups -OCH3 is 1. The molecule has 0 saturated heterocycles. The fraction of sp³-hybridized carbons (Fsp3) is 0.900. The third kappa shape index (κ3) is 5.19. The molecule has 0 amide bonds. The maximum Gasteiger partial charge on any atom is 0.312 e. The highest BCUT2D eigenvalue weighted by molar-refractivity contribution is 5.75. The SMILES string of the molecule is COC(=O)C(C)(C)CNCCN(C)C. The van der Waals surface area contributed by atoms with Gasteiger partial charge in [0.2, 0.25) is 0 Å². The molecule has 0 aliphatic carbocycles. The molecule has 4 heteroatoms. The maximum atomic E-state index is 11.3. The average Bonchev–Trinajstić information content (AvgIpc) is 2.10. The van der Waals surface area contributed by atoms with Crippen LogP contribution in [0, 0.1) is 5.41 Å². The van der Waals surface area contributed by atoms with E-state index in [2.05, 4.69) is 10.2 Å². The third-order valence-electron chi connectivity index (χ3n) is 2.04. The van der Waals surface area contributed by atoms with Crippen LogP contribution >= 0.6 is 0 Å². The lowest BCUT2D eigenvalue weighted by molar-refractivity contribution is -0.150. The lowest BCUT2D eigenvalue weighted by atomic mass is 9.94. The molecule has 0 aliphatic heterocycles. The predicted octanol–water partition coefficient (Wildman–Crippen LogP) is 0.337. The molecule has 0 radical (unpaired) electrons. The Balaban J connectivity index is 3.71. The zero-order valence-electron chi connectivity index (χ0n) is 9.89. The van der Waals surface area contributed by atoms with Crippen molar-refractivity contribution in [3.05, 3.63) is 0 Å². The van der Waals surface area contributed by atoms with Crippen LogP contribution in [0.2, 0.25) is 0 Å². The first-order valence-corrected chi connectivity index (χ1v) is 4.84. The molecule has 0 rings (SSSR count). The van der Waals surface area contributed by atoms with Gasteiger partial charge in [0.25, 0.3) is 0 Å². The van der Waals surface area contributed by atoms with Crippen molar-refractivity contribution in [1.29, 1.82) is 0 Å². The van der Waals surface area contributed by atoms with Gasteiger partial charge in [-0.1, -0.05) is 0 Å². The van der Waals surface area contributed by atoms with Gasteiger partial charge in [0, 0.05) is 19.6 Å². The summed E-state index contributed by atoms with van der Waals surface area (Å²) in [4.78, 5) is 13.4. The van der Waals surface area contributed by atoms with Crippen LogP contribution in [0.1, 0.15) is 13.8 Å². The molecule has 4 nitrogen and oxygen atoms in total. The smallest absolute Gasteiger partial charge is 0.312 e. The fourth-order valence-corrected chi connectivity index (χ4v) is 1.05. The summed E-state index contributed by atoms with van der Waals surface area (Å²) < 4.78 is 4.70. The van der Waals surface area contributed by atoms with Crippen LogP contribution < -0.4 is 5.32 Å². The van der Waals surface area contributed by atoms with Gasteiger partial charge in [-0.05, 0) is 27.9 Å². The van der Waals surface area contributed by atoms with Crippen molar-refractivity contribution in [2.45, 2.75) is 13.8 Å². The minimum absolute atomic E-state index is 0.171. The lowest BCUT2D eigenvalue weighted by Gasteiger charge is -2.22. The van der Waals surface area contributed by atoms with E-state index in [1.54, 1.807) is 0 Å². The van der Waals surface area contributed by atoms with Gasteiger partial charge in [-0.15, -0.1) is 0 Å². The number of carbonyl (C=O) groups excluding carboxylic acids is 1. The quantitative estimate of drug-likeness (QED) is 0.498. The van der Waals surface area contributed by atoms with Crippen molar-refractivity contribution < 1.29 is 9.53 Å². The molecule has 0 aromatic heterocycles. The largest absolute Gasteiger partial charge is 0.469 e. The van der Waals surface area contributed by atoms with Crippen LogP contribution in [0.4, 0.5) is 0 Å². The first kappa shape index (κ1) is 13.4. The van der Waals surface area contributed by atoms with Gasteiger partial charge in [0.05, 0.1) is 12.5 Å². The second-order valence-electron chi connectivity index (χ2n) is 4.36. The molecule has 0 aromatic rings. The Morgan fingerprint density at radius 1 is 1.43 bits per heavy atom. The fourth-order valence-electron chi connectivity index (χ4n) is 1.05. The Morgan fingerprint density at radius 3 is 2.43 bits per heavy atom. The van der Waals surface area contributed by atoms with Crippen LogP contribution in [0.15, 0.2) is 0 Å². The van der Waals surface area contributed by atoms with Crippen LogP contribution in [0.3, 0.4) is 0 Å². The van der Waals surface area contributed by atoms with Gasteiger partial charge in [-0.3, -0.25) is 4.79 Å². The van der Waals surface area contributed by atoms with Gasteiger partial charge in [0.1, 0.15) is 0 Å². The molecular formula is C10H22N2O2. The highest BCUT2D eigenvalue weighted by Gasteiger charge is 2.27. The van der Waals surface area contributed by atoms with E-state index in [-0.39, 0.29) is 5.97 Å². The first-order valence-electron chi connectivity index (χ1n) is 4.84. The molecule has 84 valence electrons. The number of ether oxygens (including phenoxy) is 1. The average molecular weight is 202 g/mol. The Labute approximate surface area is 86.6 Å². The van der Waals surface area contributed by atoms with Gasteiger partial charge < -0.3 is 15.0 Å². The van der Waals surface area contributed by atoms with Gasteiger partial charge >= 0.3 is 5.97 Å². The molecule has 0 unspecified atom stereocenters. The van der Waals surface area contributed by atoms with E-state index in [9.17, 15) is 4.79 Å².